The van der Waals surface area contributed by atoms with Gasteiger partial charge in [-0.25, -0.2) is 15.0 Å². The van der Waals surface area contributed by atoms with Crippen LogP contribution in [0.5, 0.6) is 0 Å². The van der Waals surface area contributed by atoms with Gasteiger partial charge in [-0.05, 0) is 25.5 Å². The summed E-state index contributed by atoms with van der Waals surface area (Å²) < 4.78 is 37.9. The van der Waals surface area contributed by atoms with E-state index in [0.717, 1.165) is 17.8 Å². The smallest absolute Gasteiger partial charge is 0.357 e. The first-order valence-corrected chi connectivity index (χ1v) is 8.60. The molecule has 2 aromatic rings. The zero-order valence-corrected chi connectivity index (χ0v) is 15.3. The lowest BCUT2D eigenvalue weighted by Gasteiger charge is -2.12. The fourth-order valence-corrected chi connectivity index (χ4v) is 2.28. The van der Waals surface area contributed by atoms with E-state index in [9.17, 15) is 13.2 Å². The number of aryl methyl sites for hydroxylation is 1. The van der Waals surface area contributed by atoms with E-state index in [2.05, 4.69) is 37.0 Å². The Hall–Kier alpha value is -2.84. The van der Waals surface area contributed by atoms with E-state index in [-0.39, 0.29) is 5.95 Å². The van der Waals surface area contributed by atoms with Crippen LogP contribution in [0.4, 0.5) is 19.1 Å². The number of nitrogens with one attached hydrogen (secondary N) is 3. The minimum absolute atomic E-state index is 0.0617. The predicted molar refractivity (Wildman–Crippen MR) is 99.5 cm³/mol. The van der Waals surface area contributed by atoms with E-state index in [1.54, 1.807) is 0 Å². The molecule has 0 aliphatic rings. The Labute approximate surface area is 156 Å². The van der Waals surface area contributed by atoms with Gasteiger partial charge >= 0.3 is 6.18 Å². The maximum Gasteiger partial charge on any atom is 0.433 e. The monoisotopic (exact) mass is 380 g/mol. The van der Waals surface area contributed by atoms with E-state index >= 15 is 0 Å². The Morgan fingerprint density at radius 2 is 1.96 bits per heavy atom. The van der Waals surface area contributed by atoms with Gasteiger partial charge in [-0.3, -0.25) is 0 Å². The highest BCUT2D eigenvalue weighted by Crippen LogP contribution is 2.27. The molecular formula is C18H23F3N6. The molecule has 0 fully saturated rings. The molecule has 1 aromatic heterocycles. The molecule has 146 valence electrons. The van der Waals surface area contributed by atoms with Crippen molar-refractivity contribution in [2.24, 2.45) is 4.99 Å². The van der Waals surface area contributed by atoms with Crippen molar-refractivity contribution < 1.29 is 13.2 Å². The maximum absolute atomic E-state index is 12.6. The van der Waals surface area contributed by atoms with Crippen LogP contribution in [-0.2, 0) is 12.7 Å². The van der Waals surface area contributed by atoms with Crippen LogP contribution in [0.3, 0.4) is 0 Å². The number of rotatable bonds is 7. The highest BCUT2D eigenvalue weighted by atomic mass is 19.4. The average molecular weight is 380 g/mol. The number of hydrogen-bond donors (Lipinski definition) is 3. The lowest BCUT2D eigenvalue weighted by atomic mass is 10.1. The fraction of sp³-hybridized carbons (Fsp3) is 0.389. The SMILES string of the molecule is CCNC(=NCc1cccc(C)c1)NCCNc1nccc(C(F)(F)F)n1. The van der Waals surface area contributed by atoms with Crippen LogP contribution < -0.4 is 16.0 Å². The predicted octanol–water partition coefficient (Wildman–Crippen LogP) is 2.97. The van der Waals surface area contributed by atoms with Crippen molar-refractivity contribution in [3.05, 3.63) is 53.3 Å². The first kappa shape index (κ1) is 20.5. The molecule has 3 N–H and O–H groups in total. The molecule has 0 amide bonds. The number of aliphatic imine (C=N–C) groups is 1. The van der Waals surface area contributed by atoms with E-state index in [0.29, 0.717) is 32.1 Å². The van der Waals surface area contributed by atoms with Crippen molar-refractivity contribution in [3.8, 4) is 0 Å². The molecular weight excluding hydrogens is 357 g/mol. The summed E-state index contributed by atoms with van der Waals surface area (Å²) in [5.74, 6) is 0.569. The molecule has 2 rings (SSSR count). The summed E-state index contributed by atoms with van der Waals surface area (Å²) in [7, 11) is 0. The quantitative estimate of drug-likeness (QED) is 0.391. The summed E-state index contributed by atoms with van der Waals surface area (Å²) in [6, 6.07) is 8.93. The first-order valence-electron chi connectivity index (χ1n) is 8.60. The minimum atomic E-state index is -4.49. The topological polar surface area (TPSA) is 74.2 Å². The number of guanidine groups is 1. The van der Waals surface area contributed by atoms with E-state index in [4.69, 9.17) is 0 Å². The Morgan fingerprint density at radius 1 is 1.15 bits per heavy atom. The number of hydrogen-bond acceptors (Lipinski definition) is 4. The molecule has 1 aromatic carbocycles. The summed E-state index contributed by atoms with van der Waals surface area (Å²) >= 11 is 0. The molecule has 27 heavy (non-hydrogen) atoms. The molecule has 0 saturated carbocycles. The molecule has 0 aliphatic heterocycles. The molecule has 0 aliphatic carbocycles. The molecule has 1 heterocycles. The maximum atomic E-state index is 12.6. The van der Waals surface area contributed by atoms with Crippen molar-refractivity contribution >= 4 is 11.9 Å². The molecule has 0 spiro atoms. The number of benzene rings is 1. The third-order valence-electron chi connectivity index (χ3n) is 3.49. The number of aromatic nitrogens is 2. The Balaban J connectivity index is 1.85. The van der Waals surface area contributed by atoms with Crippen molar-refractivity contribution in [2.45, 2.75) is 26.6 Å². The highest BCUT2D eigenvalue weighted by Gasteiger charge is 2.32. The van der Waals surface area contributed by atoms with Gasteiger partial charge in [0.2, 0.25) is 5.95 Å². The molecule has 0 radical (unpaired) electrons. The number of nitrogens with zero attached hydrogens (tertiary/aromatic N) is 3. The average Bonchev–Trinajstić information content (AvgIpc) is 2.63. The minimum Gasteiger partial charge on any atom is -0.357 e. The third kappa shape index (κ3) is 7.12. The van der Waals surface area contributed by atoms with Gasteiger partial charge in [0.05, 0.1) is 6.54 Å². The summed E-state index contributed by atoms with van der Waals surface area (Å²) in [5, 5.41) is 9.01. The molecule has 0 bridgehead atoms. The largest absolute Gasteiger partial charge is 0.433 e. The second kappa shape index (κ2) is 9.75. The van der Waals surface area contributed by atoms with Crippen molar-refractivity contribution in [2.75, 3.05) is 25.0 Å². The molecule has 6 nitrogen and oxygen atoms in total. The normalized spacial score (nSPS) is 12.0. The standard InChI is InChI=1S/C18H23F3N6/c1-3-22-16(26-12-14-6-4-5-13(2)11-14)24-9-10-25-17-23-8-7-15(27-17)18(19,20)21/h4-8,11H,3,9-10,12H2,1-2H3,(H2,22,24,26)(H,23,25,27). The van der Waals surface area contributed by atoms with Gasteiger partial charge in [0.25, 0.3) is 0 Å². The Bertz CT molecular complexity index is 761. The summed E-state index contributed by atoms with van der Waals surface area (Å²) in [6.07, 6.45) is -3.41. The van der Waals surface area contributed by atoms with Gasteiger partial charge in [-0.1, -0.05) is 29.8 Å². The molecule has 0 unspecified atom stereocenters. The van der Waals surface area contributed by atoms with Gasteiger partial charge in [-0.15, -0.1) is 0 Å². The number of alkyl halides is 3. The molecule has 0 saturated heterocycles. The summed E-state index contributed by atoms with van der Waals surface area (Å²) in [5.41, 5.74) is 1.30. The first-order chi connectivity index (χ1) is 12.9. The van der Waals surface area contributed by atoms with Gasteiger partial charge < -0.3 is 16.0 Å². The Morgan fingerprint density at radius 3 is 2.67 bits per heavy atom. The zero-order chi connectivity index (χ0) is 19.7. The van der Waals surface area contributed by atoms with Gasteiger partial charge in [0.1, 0.15) is 5.69 Å². The number of halogens is 3. The Kier molecular flexibility index (Phi) is 7.39. The van der Waals surface area contributed by atoms with Crippen LogP contribution in [0, 0.1) is 6.92 Å². The van der Waals surface area contributed by atoms with E-state index < -0.39 is 11.9 Å². The second-order valence-electron chi connectivity index (χ2n) is 5.80. The van der Waals surface area contributed by atoms with Gasteiger partial charge in [0, 0.05) is 25.8 Å². The second-order valence-corrected chi connectivity index (χ2v) is 5.80. The lowest BCUT2D eigenvalue weighted by Crippen LogP contribution is -2.39. The third-order valence-corrected chi connectivity index (χ3v) is 3.49. The van der Waals surface area contributed by atoms with Gasteiger partial charge in [-0.2, -0.15) is 13.2 Å². The van der Waals surface area contributed by atoms with E-state index in [1.807, 2.05) is 32.0 Å². The van der Waals surface area contributed by atoms with Crippen LogP contribution in [-0.4, -0.2) is 35.6 Å². The summed E-state index contributed by atoms with van der Waals surface area (Å²) in [4.78, 5) is 11.8. The van der Waals surface area contributed by atoms with Crippen molar-refractivity contribution in [1.82, 2.24) is 20.6 Å². The van der Waals surface area contributed by atoms with Crippen molar-refractivity contribution in [3.63, 3.8) is 0 Å². The lowest BCUT2D eigenvalue weighted by molar-refractivity contribution is -0.141. The van der Waals surface area contributed by atoms with Crippen LogP contribution in [0.15, 0.2) is 41.5 Å². The molecule has 9 heteroatoms. The highest BCUT2D eigenvalue weighted by molar-refractivity contribution is 5.79. The molecule has 0 atom stereocenters. The fourth-order valence-electron chi connectivity index (χ4n) is 2.28. The van der Waals surface area contributed by atoms with Crippen molar-refractivity contribution in [1.29, 1.82) is 0 Å². The van der Waals surface area contributed by atoms with Crippen LogP contribution >= 0.6 is 0 Å². The number of anilines is 1. The summed E-state index contributed by atoms with van der Waals surface area (Å²) in [6.45, 7) is 6.00. The zero-order valence-electron chi connectivity index (χ0n) is 15.3. The van der Waals surface area contributed by atoms with E-state index in [1.165, 1.54) is 5.56 Å². The van der Waals surface area contributed by atoms with Crippen LogP contribution in [0.2, 0.25) is 0 Å². The van der Waals surface area contributed by atoms with Gasteiger partial charge in [0.15, 0.2) is 5.96 Å². The van der Waals surface area contributed by atoms with Crippen LogP contribution in [0.1, 0.15) is 23.7 Å². The van der Waals surface area contributed by atoms with Crippen LogP contribution in [0.25, 0.3) is 0 Å².